The molecule has 4 rings (SSSR count). The average Bonchev–Trinajstić information content (AvgIpc) is 3.45. The van der Waals surface area contributed by atoms with E-state index in [0.29, 0.717) is 38.8 Å². The monoisotopic (exact) mass is 504 g/mol. The van der Waals surface area contributed by atoms with Crippen LogP contribution in [0.1, 0.15) is 12.8 Å². The highest BCUT2D eigenvalue weighted by atomic mass is 35.5. The van der Waals surface area contributed by atoms with Gasteiger partial charge in [0.05, 0.1) is 10.7 Å². The van der Waals surface area contributed by atoms with Crippen LogP contribution in [0, 0.1) is 0 Å². The summed E-state index contributed by atoms with van der Waals surface area (Å²) in [5.41, 5.74) is 2.43. The molecule has 1 fully saturated rings. The van der Waals surface area contributed by atoms with E-state index in [0.717, 1.165) is 17.7 Å². The van der Waals surface area contributed by atoms with E-state index in [4.69, 9.17) is 23.2 Å². The first kappa shape index (κ1) is 23.3. The predicted octanol–water partition coefficient (Wildman–Crippen LogP) is 5.21. The smallest absolute Gasteiger partial charge is 0.322 e. The van der Waals surface area contributed by atoms with E-state index in [9.17, 15) is 9.59 Å². The number of anilines is 3. The fourth-order valence-corrected chi connectivity index (χ4v) is 4.75. The largest absolute Gasteiger partial charge is 0.378 e. The summed E-state index contributed by atoms with van der Waals surface area (Å²) < 4.78 is 0. The third kappa shape index (κ3) is 5.38. The maximum Gasteiger partial charge on any atom is 0.322 e. The zero-order chi connectivity index (χ0) is 23.5. The van der Waals surface area contributed by atoms with Gasteiger partial charge >= 0.3 is 6.03 Å². The van der Waals surface area contributed by atoms with Gasteiger partial charge in [-0.25, -0.2) is 4.79 Å². The van der Waals surface area contributed by atoms with Gasteiger partial charge < -0.3 is 15.1 Å². The van der Waals surface area contributed by atoms with Gasteiger partial charge in [0.25, 0.3) is 0 Å². The Kier molecular flexibility index (Phi) is 7.02. The second kappa shape index (κ2) is 9.94. The molecule has 3 aromatic rings. The molecular formula is C22H22Cl2N6O2S. The Morgan fingerprint density at radius 2 is 1.85 bits per heavy atom. The van der Waals surface area contributed by atoms with Gasteiger partial charge in [-0.15, -0.1) is 10.2 Å². The van der Waals surface area contributed by atoms with Gasteiger partial charge in [-0.2, -0.15) is 0 Å². The molecule has 3 amide bonds. The van der Waals surface area contributed by atoms with Crippen LogP contribution in [0.5, 0.6) is 0 Å². The maximum absolute atomic E-state index is 12.9. The maximum atomic E-state index is 12.9. The zero-order valence-electron chi connectivity index (χ0n) is 18.0. The summed E-state index contributed by atoms with van der Waals surface area (Å²) in [6, 6.07) is 11.7. The Morgan fingerprint density at radius 3 is 2.55 bits per heavy atom. The molecule has 1 unspecified atom stereocenters. The highest BCUT2D eigenvalue weighted by Gasteiger charge is 2.35. The number of hydrogen-bond acceptors (Lipinski definition) is 6. The molecule has 2 heterocycles. The highest BCUT2D eigenvalue weighted by molar-refractivity contribution is 7.18. The van der Waals surface area contributed by atoms with Crippen molar-refractivity contribution in [2.45, 2.75) is 18.9 Å². The summed E-state index contributed by atoms with van der Waals surface area (Å²) in [5, 5.41) is 15.7. The number of carbonyl (C=O) groups is 2. The fraction of sp³-hybridized carbons (Fsp3) is 0.273. The summed E-state index contributed by atoms with van der Waals surface area (Å²) in [6.07, 6.45) is 1.28. The fourth-order valence-electron chi connectivity index (χ4n) is 3.54. The lowest BCUT2D eigenvalue weighted by Gasteiger charge is -2.24. The lowest BCUT2D eigenvalue weighted by atomic mass is 10.2. The van der Waals surface area contributed by atoms with Crippen molar-refractivity contribution in [1.82, 2.24) is 15.1 Å². The molecule has 0 spiro atoms. The van der Waals surface area contributed by atoms with Crippen LogP contribution < -0.4 is 15.5 Å². The lowest BCUT2D eigenvalue weighted by molar-refractivity contribution is -0.119. The van der Waals surface area contributed by atoms with Crippen LogP contribution in [0.25, 0.3) is 10.6 Å². The zero-order valence-corrected chi connectivity index (χ0v) is 20.3. The van der Waals surface area contributed by atoms with Crippen molar-refractivity contribution in [3.8, 4) is 10.6 Å². The first-order valence-electron chi connectivity index (χ1n) is 10.3. The molecule has 172 valence electrons. The van der Waals surface area contributed by atoms with Crippen molar-refractivity contribution >= 4 is 63.0 Å². The summed E-state index contributed by atoms with van der Waals surface area (Å²) in [5.74, 6) is -0.296. The third-order valence-electron chi connectivity index (χ3n) is 5.27. The van der Waals surface area contributed by atoms with E-state index in [2.05, 4.69) is 20.8 Å². The van der Waals surface area contributed by atoms with E-state index in [-0.39, 0.29) is 5.91 Å². The minimum atomic E-state index is -0.609. The predicted molar refractivity (Wildman–Crippen MR) is 134 cm³/mol. The van der Waals surface area contributed by atoms with Gasteiger partial charge in [0.2, 0.25) is 11.0 Å². The molecule has 1 aliphatic heterocycles. The highest BCUT2D eigenvalue weighted by Crippen LogP contribution is 2.30. The van der Waals surface area contributed by atoms with E-state index >= 15 is 0 Å². The molecule has 1 atom stereocenters. The Balaban J connectivity index is 1.41. The summed E-state index contributed by atoms with van der Waals surface area (Å²) in [6.45, 7) is 0.467. The third-order valence-corrected chi connectivity index (χ3v) is 6.71. The van der Waals surface area contributed by atoms with Crippen molar-refractivity contribution in [2.24, 2.45) is 0 Å². The van der Waals surface area contributed by atoms with Crippen molar-refractivity contribution in [2.75, 3.05) is 36.2 Å². The summed E-state index contributed by atoms with van der Waals surface area (Å²) in [7, 11) is 3.95. The van der Waals surface area contributed by atoms with Crippen molar-refractivity contribution < 1.29 is 9.59 Å². The van der Waals surface area contributed by atoms with Crippen LogP contribution in [0.15, 0.2) is 42.5 Å². The first-order chi connectivity index (χ1) is 15.8. The standard InChI is InChI=1S/C22H22Cl2N6O2S/c1-29(2)15-8-5-13(6-9-15)20-27-28-21(33-20)26-19(31)18-4-3-11-30(18)22(32)25-17-10-7-14(23)12-16(17)24/h5-10,12,18H,3-4,11H2,1-2H3,(H,25,32)(H,26,28,31). The molecule has 1 aromatic heterocycles. The minimum absolute atomic E-state index is 0.296. The Hall–Kier alpha value is -2.88. The number of rotatable bonds is 5. The molecule has 2 aromatic carbocycles. The molecule has 33 heavy (non-hydrogen) atoms. The number of urea groups is 1. The van der Waals surface area contributed by atoms with Gasteiger partial charge in [0.15, 0.2) is 0 Å². The molecule has 1 aliphatic rings. The number of carbonyl (C=O) groups excluding carboxylic acids is 2. The molecule has 0 saturated carbocycles. The molecule has 0 radical (unpaired) electrons. The lowest BCUT2D eigenvalue weighted by Crippen LogP contribution is -2.45. The average molecular weight is 505 g/mol. The van der Waals surface area contributed by atoms with Crippen LogP contribution in [-0.4, -0.2) is 53.7 Å². The van der Waals surface area contributed by atoms with E-state index in [1.165, 1.54) is 16.2 Å². The number of benzene rings is 2. The Morgan fingerprint density at radius 1 is 1.09 bits per heavy atom. The molecule has 2 N–H and O–H groups in total. The number of nitrogens with zero attached hydrogens (tertiary/aromatic N) is 4. The quantitative estimate of drug-likeness (QED) is 0.497. The number of nitrogens with one attached hydrogen (secondary N) is 2. The normalized spacial score (nSPS) is 15.4. The summed E-state index contributed by atoms with van der Waals surface area (Å²) in [4.78, 5) is 29.2. The van der Waals surface area contributed by atoms with E-state index in [1.54, 1.807) is 18.2 Å². The SMILES string of the molecule is CN(C)c1ccc(-c2nnc(NC(=O)C3CCCN3C(=O)Nc3ccc(Cl)cc3Cl)s2)cc1. The Labute approximate surface area is 205 Å². The van der Waals surface area contributed by atoms with Gasteiger partial charge in [0, 0.05) is 36.9 Å². The molecule has 0 aliphatic carbocycles. The Bertz CT molecular complexity index is 1170. The molecule has 11 heteroatoms. The molecule has 0 bridgehead atoms. The number of aromatic nitrogens is 2. The van der Waals surface area contributed by atoms with Crippen LogP contribution in [0.4, 0.5) is 21.3 Å². The number of amides is 3. The molecular weight excluding hydrogens is 483 g/mol. The molecule has 1 saturated heterocycles. The van der Waals surface area contributed by atoms with Crippen molar-refractivity contribution in [1.29, 1.82) is 0 Å². The number of halogens is 2. The van der Waals surface area contributed by atoms with Gasteiger partial charge in [-0.05, 0) is 55.3 Å². The van der Waals surface area contributed by atoms with Gasteiger partial charge in [-0.3, -0.25) is 10.1 Å². The van der Waals surface area contributed by atoms with E-state index < -0.39 is 12.1 Å². The van der Waals surface area contributed by atoms with Crippen molar-refractivity contribution in [3.05, 3.63) is 52.5 Å². The second-order valence-electron chi connectivity index (χ2n) is 7.75. The van der Waals surface area contributed by atoms with Crippen LogP contribution >= 0.6 is 34.5 Å². The number of hydrogen-bond donors (Lipinski definition) is 2. The number of likely N-dealkylation sites (tertiary alicyclic amines) is 1. The minimum Gasteiger partial charge on any atom is -0.378 e. The topological polar surface area (TPSA) is 90.5 Å². The van der Waals surface area contributed by atoms with Gasteiger partial charge in [0.1, 0.15) is 11.0 Å². The first-order valence-corrected chi connectivity index (χ1v) is 11.8. The van der Waals surface area contributed by atoms with Crippen molar-refractivity contribution in [3.63, 3.8) is 0 Å². The van der Waals surface area contributed by atoms with Crippen LogP contribution in [-0.2, 0) is 4.79 Å². The van der Waals surface area contributed by atoms with Crippen LogP contribution in [0.2, 0.25) is 10.0 Å². The second-order valence-corrected chi connectivity index (χ2v) is 9.57. The van der Waals surface area contributed by atoms with E-state index in [1.807, 2.05) is 43.3 Å². The summed E-state index contributed by atoms with van der Waals surface area (Å²) >= 11 is 13.3. The van der Waals surface area contributed by atoms with Crippen LogP contribution in [0.3, 0.4) is 0 Å². The van der Waals surface area contributed by atoms with Gasteiger partial charge in [-0.1, -0.05) is 34.5 Å². The molecule has 8 nitrogen and oxygen atoms in total.